The summed E-state index contributed by atoms with van der Waals surface area (Å²) < 4.78 is 5.22. The van der Waals surface area contributed by atoms with E-state index in [2.05, 4.69) is 20.6 Å². The largest absolute Gasteiger partial charge is 0.475 e. The van der Waals surface area contributed by atoms with Crippen molar-refractivity contribution in [2.75, 3.05) is 26.3 Å². The fourth-order valence-corrected chi connectivity index (χ4v) is 2.86. The van der Waals surface area contributed by atoms with Crippen LogP contribution in [0.2, 0.25) is 0 Å². The first-order valence-electron chi connectivity index (χ1n) is 9.51. The maximum atomic E-state index is 12.7. The summed E-state index contributed by atoms with van der Waals surface area (Å²) in [4.78, 5) is 47.0. The van der Waals surface area contributed by atoms with Gasteiger partial charge in [0.2, 0.25) is 11.8 Å². The Kier molecular flexibility index (Phi) is 8.96. The van der Waals surface area contributed by atoms with Gasteiger partial charge in [-0.25, -0.2) is 4.98 Å². The molecule has 1 saturated heterocycles. The number of hydrogen-bond donors (Lipinski definition) is 4. The minimum atomic E-state index is -1.76. The van der Waals surface area contributed by atoms with Gasteiger partial charge in [-0.15, -0.1) is 0 Å². The quantitative estimate of drug-likeness (QED) is 0.347. The van der Waals surface area contributed by atoms with Crippen molar-refractivity contribution in [3.05, 3.63) is 24.3 Å². The number of nitrogens with one attached hydrogen (secondary N) is 2. The van der Waals surface area contributed by atoms with Gasteiger partial charge in [-0.05, 0) is 6.42 Å². The van der Waals surface area contributed by atoms with Crippen molar-refractivity contribution >= 4 is 24.8 Å². The second-order valence-corrected chi connectivity index (χ2v) is 6.63. The molecular formula is C17H26BN5O6. The van der Waals surface area contributed by atoms with Gasteiger partial charge >= 0.3 is 7.12 Å². The topological polar surface area (TPSA) is 154 Å². The number of morpholine rings is 1. The maximum absolute atomic E-state index is 12.7. The van der Waals surface area contributed by atoms with Crippen LogP contribution >= 0.6 is 0 Å². The van der Waals surface area contributed by atoms with E-state index < -0.39 is 30.9 Å². The lowest BCUT2D eigenvalue weighted by molar-refractivity contribution is -0.138. The Morgan fingerprint density at radius 2 is 1.97 bits per heavy atom. The molecule has 0 aliphatic carbocycles. The first-order chi connectivity index (χ1) is 13.9. The molecule has 0 spiro atoms. The smallest absolute Gasteiger partial charge is 0.426 e. The van der Waals surface area contributed by atoms with Crippen LogP contribution in [0.4, 0.5) is 0 Å². The number of ether oxygens (including phenoxy) is 1. The summed E-state index contributed by atoms with van der Waals surface area (Å²) in [6, 6.07) is -1.21. The molecule has 1 aromatic heterocycles. The highest BCUT2D eigenvalue weighted by Gasteiger charge is 2.31. The highest BCUT2D eigenvalue weighted by Crippen LogP contribution is 2.06. The molecule has 1 fully saturated rings. The van der Waals surface area contributed by atoms with Crippen LogP contribution in [-0.4, -0.2) is 88.0 Å². The third-order valence-electron chi connectivity index (χ3n) is 4.45. The van der Waals surface area contributed by atoms with E-state index in [-0.39, 0.29) is 18.0 Å². The number of carbonyl (C=O) groups excluding carboxylic acids is 3. The van der Waals surface area contributed by atoms with Crippen LogP contribution in [0.1, 0.15) is 36.7 Å². The molecule has 11 nitrogen and oxygen atoms in total. The third kappa shape index (κ3) is 7.07. The molecule has 2 rings (SSSR count). The van der Waals surface area contributed by atoms with Crippen LogP contribution in [0.25, 0.3) is 0 Å². The van der Waals surface area contributed by atoms with Gasteiger partial charge in [0.1, 0.15) is 11.7 Å². The van der Waals surface area contributed by atoms with Crippen LogP contribution in [0.3, 0.4) is 0 Å². The monoisotopic (exact) mass is 407 g/mol. The van der Waals surface area contributed by atoms with E-state index in [1.807, 2.05) is 6.92 Å². The molecule has 2 heterocycles. The van der Waals surface area contributed by atoms with Crippen molar-refractivity contribution < 1.29 is 29.2 Å². The molecule has 1 aliphatic rings. The number of hydrogen-bond acceptors (Lipinski definition) is 8. The van der Waals surface area contributed by atoms with Gasteiger partial charge in [-0.2, -0.15) is 0 Å². The van der Waals surface area contributed by atoms with Gasteiger partial charge in [0.05, 0.1) is 31.8 Å². The predicted octanol–water partition coefficient (Wildman–Crippen LogP) is -1.88. The Balaban J connectivity index is 2.11. The van der Waals surface area contributed by atoms with Crippen LogP contribution in [0, 0.1) is 0 Å². The van der Waals surface area contributed by atoms with E-state index in [1.165, 1.54) is 18.6 Å². The Hall–Kier alpha value is -2.57. The van der Waals surface area contributed by atoms with Gasteiger partial charge in [0, 0.05) is 25.5 Å². The zero-order valence-corrected chi connectivity index (χ0v) is 16.3. The highest BCUT2D eigenvalue weighted by atomic mass is 16.5. The van der Waals surface area contributed by atoms with Crippen LogP contribution < -0.4 is 10.6 Å². The molecule has 4 N–H and O–H groups in total. The summed E-state index contributed by atoms with van der Waals surface area (Å²) in [6.07, 6.45) is 4.63. The summed E-state index contributed by atoms with van der Waals surface area (Å²) in [6.45, 7) is 3.45. The van der Waals surface area contributed by atoms with Crippen molar-refractivity contribution in [3.8, 4) is 0 Å². The number of aromatic nitrogens is 2. The Labute approximate surface area is 169 Å². The van der Waals surface area contributed by atoms with Gasteiger partial charge in [-0.1, -0.05) is 13.3 Å². The summed E-state index contributed by atoms with van der Waals surface area (Å²) in [5.41, 5.74) is -0.00331. The highest BCUT2D eigenvalue weighted by molar-refractivity contribution is 6.43. The van der Waals surface area contributed by atoms with Crippen molar-refractivity contribution in [2.45, 2.75) is 38.2 Å². The lowest BCUT2D eigenvalue weighted by Crippen LogP contribution is -2.55. The van der Waals surface area contributed by atoms with Crippen LogP contribution in [0.5, 0.6) is 0 Å². The van der Waals surface area contributed by atoms with E-state index in [0.29, 0.717) is 39.1 Å². The van der Waals surface area contributed by atoms with E-state index in [1.54, 1.807) is 4.90 Å². The number of rotatable bonds is 9. The van der Waals surface area contributed by atoms with Crippen molar-refractivity contribution in [2.24, 2.45) is 0 Å². The summed E-state index contributed by atoms with van der Waals surface area (Å²) in [5, 5.41) is 23.9. The average molecular weight is 407 g/mol. The number of nitrogens with zero attached hydrogens (tertiary/aromatic N) is 3. The second-order valence-electron chi connectivity index (χ2n) is 6.63. The summed E-state index contributed by atoms with van der Waals surface area (Å²) >= 11 is 0. The Morgan fingerprint density at radius 3 is 2.55 bits per heavy atom. The second kappa shape index (κ2) is 11.4. The SMILES string of the molecule is CCC[C@H](NC(=O)C(CC(=O)N1CCOCC1)NC(=O)c1cnccn1)B(O)O. The summed E-state index contributed by atoms with van der Waals surface area (Å²) in [7, 11) is -1.76. The third-order valence-corrected chi connectivity index (χ3v) is 4.45. The van der Waals surface area contributed by atoms with E-state index >= 15 is 0 Å². The van der Waals surface area contributed by atoms with Gasteiger partial charge < -0.3 is 30.3 Å². The number of amides is 3. The molecule has 158 valence electrons. The van der Waals surface area contributed by atoms with Crippen molar-refractivity contribution in [3.63, 3.8) is 0 Å². The molecule has 1 unspecified atom stereocenters. The molecule has 12 heteroatoms. The molecule has 0 saturated carbocycles. The summed E-state index contributed by atoms with van der Waals surface area (Å²) in [5.74, 6) is -2.58. The molecule has 1 aliphatic heterocycles. The molecule has 0 radical (unpaired) electrons. The van der Waals surface area contributed by atoms with E-state index in [9.17, 15) is 24.4 Å². The van der Waals surface area contributed by atoms with Gasteiger partial charge in [0.15, 0.2) is 0 Å². The first kappa shape index (κ1) is 22.7. The number of carbonyl (C=O) groups is 3. The van der Waals surface area contributed by atoms with E-state index in [4.69, 9.17) is 4.74 Å². The lowest BCUT2D eigenvalue weighted by Gasteiger charge is -2.29. The molecule has 29 heavy (non-hydrogen) atoms. The minimum Gasteiger partial charge on any atom is -0.426 e. The van der Waals surface area contributed by atoms with Crippen LogP contribution in [0.15, 0.2) is 18.6 Å². The predicted molar refractivity (Wildman–Crippen MR) is 102 cm³/mol. The Bertz CT molecular complexity index is 686. The fourth-order valence-electron chi connectivity index (χ4n) is 2.86. The zero-order chi connectivity index (χ0) is 21.2. The molecule has 1 aromatic rings. The first-order valence-corrected chi connectivity index (χ1v) is 9.51. The zero-order valence-electron chi connectivity index (χ0n) is 16.3. The maximum Gasteiger partial charge on any atom is 0.475 e. The molecular weight excluding hydrogens is 381 g/mol. The molecule has 3 amide bonds. The lowest BCUT2D eigenvalue weighted by atomic mass is 9.76. The average Bonchev–Trinajstić information content (AvgIpc) is 2.73. The fraction of sp³-hybridized carbons (Fsp3) is 0.588. The molecule has 0 bridgehead atoms. The molecule has 2 atom stereocenters. The Morgan fingerprint density at radius 1 is 1.24 bits per heavy atom. The standard InChI is InChI=1S/C17H26BN5O6/c1-2-3-14(18(27)28)22-16(25)12(10-15(24)23-6-8-29-9-7-23)21-17(26)13-11-19-4-5-20-13/h4-5,11-12,14,27-28H,2-3,6-10H2,1H3,(H,21,26)(H,22,25)/t12?,14-/m0/s1. The normalized spacial score (nSPS) is 15.9. The van der Waals surface area contributed by atoms with Crippen molar-refractivity contribution in [1.82, 2.24) is 25.5 Å². The van der Waals surface area contributed by atoms with Crippen molar-refractivity contribution in [1.29, 1.82) is 0 Å². The van der Waals surface area contributed by atoms with Crippen LogP contribution in [-0.2, 0) is 14.3 Å². The van der Waals surface area contributed by atoms with Gasteiger partial charge in [0.25, 0.3) is 5.91 Å². The van der Waals surface area contributed by atoms with E-state index in [0.717, 1.165) is 0 Å². The molecule has 0 aromatic carbocycles. The van der Waals surface area contributed by atoms with Gasteiger partial charge in [-0.3, -0.25) is 19.4 Å². The minimum absolute atomic E-state index is 0.00331.